The number of amides is 2. The Hall–Kier alpha value is -3.66. The van der Waals surface area contributed by atoms with Crippen molar-refractivity contribution in [2.75, 3.05) is 10.2 Å². The molecule has 4 nitrogen and oxygen atoms in total. The summed E-state index contributed by atoms with van der Waals surface area (Å²) in [6, 6.07) is 19.4. The predicted molar refractivity (Wildman–Crippen MR) is 126 cm³/mol. The highest BCUT2D eigenvalue weighted by molar-refractivity contribution is 6.46. The van der Waals surface area contributed by atoms with Crippen LogP contribution in [0.15, 0.2) is 66.4 Å². The van der Waals surface area contributed by atoms with Gasteiger partial charge in [0.2, 0.25) is 0 Å². The molecule has 0 radical (unpaired) electrons. The van der Waals surface area contributed by atoms with Gasteiger partial charge in [-0.1, -0.05) is 42.0 Å². The number of nitrogens with zero attached hydrogens (tertiary/aromatic N) is 1. The highest BCUT2D eigenvalue weighted by Gasteiger charge is 2.40. The van der Waals surface area contributed by atoms with Crippen molar-refractivity contribution < 1.29 is 9.59 Å². The molecule has 0 bridgehead atoms. The highest BCUT2D eigenvalue weighted by Crippen LogP contribution is 2.34. The van der Waals surface area contributed by atoms with Crippen molar-refractivity contribution in [3.63, 3.8) is 0 Å². The van der Waals surface area contributed by atoms with E-state index in [0.29, 0.717) is 17.0 Å². The van der Waals surface area contributed by atoms with Gasteiger partial charge in [-0.05, 0) is 86.7 Å². The second-order valence-electron chi connectivity index (χ2n) is 8.33. The lowest BCUT2D eigenvalue weighted by Gasteiger charge is -2.17. The van der Waals surface area contributed by atoms with Gasteiger partial charge in [-0.3, -0.25) is 9.59 Å². The number of rotatable bonds is 4. The van der Waals surface area contributed by atoms with E-state index >= 15 is 0 Å². The molecule has 0 fully saturated rings. The Bertz CT molecular complexity index is 1220. The van der Waals surface area contributed by atoms with Crippen LogP contribution >= 0.6 is 0 Å². The van der Waals surface area contributed by atoms with Crippen LogP contribution in [-0.2, 0) is 9.59 Å². The monoisotopic (exact) mass is 410 g/mol. The number of hydrogen-bond donors (Lipinski definition) is 1. The normalized spacial score (nSPS) is 13.9. The molecule has 1 N–H and O–H groups in total. The topological polar surface area (TPSA) is 49.4 Å². The lowest BCUT2D eigenvalue weighted by molar-refractivity contribution is -0.120. The fraction of sp³-hybridized carbons (Fsp3) is 0.185. The minimum absolute atomic E-state index is 0.302. The minimum Gasteiger partial charge on any atom is -0.350 e. The molecule has 0 spiro atoms. The number of nitrogens with one attached hydrogen (secondary N) is 1. The SMILES string of the molecule is Cc1ccc(C2=C(Nc3ccc(C)c(C)c3)C(=O)N(c3cc(C)cc(C)c3)C2=O)cc1. The van der Waals surface area contributed by atoms with Crippen LogP contribution in [-0.4, -0.2) is 11.8 Å². The zero-order valence-electron chi connectivity index (χ0n) is 18.5. The Morgan fingerprint density at radius 1 is 0.645 bits per heavy atom. The Morgan fingerprint density at radius 2 is 1.29 bits per heavy atom. The minimum atomic E-state index is -0.344. The molecule has 0 saturated heterocycles. The summed E-state index contributed by atoms with van der Waals surface area (Å²) in [5.41, 5.74) is 8.18. The lowest BCUT2D eigenvalue weighted by atomic mass is 10.0. The van der Waals surface area contributed by atoms with Crippen molar-refractivity contribution in [3.05, 3.63) is 99.7 Å². The first-order valence-corrected chi connectivity index (χ1v) is 10.4. The number of carbonyl (C=O) groups is 2. The van der Waals surface area contributed by atoms with Crippen LogP contribution in [0, 0.1) is 34.6 Å². The van der Waals surface area contributed by atoms with Crippen LogP contribution < -0.4 is 10.2 Å². The molecule has 0 saturated carbocycles. The molecule has 0 aliphatic carbocycles. The van der Waals surface area contributed by atoms with Crippen molar-refractivity contribution in [2.24, 2.45) is 0 Å². The number of imide groups is 1. The van der Waals surface area contributed by atoms with E-state index in [0.717, 1.165) is 33.5 Å². The standard InChI is InChI=1S/C27H26N2O2/c1-16-6-9-21(10-7-16)24-25(28-22-11-8-19(4)20(5)15-22)27(31)29(26(24)30)23-13-17(2)12-18(3)14-23/h6-15,28H,1-5H3. The van der Waals surface area contributed by atoms with Gasteiger partial charge in [0.05, 0.1) is 11.3 Å². The van der Waals surface area contributed by atoms with Gasteiger partial charge in [0.25, 0.3) is 11.8 Å². The zero-order chi connectivity index (χ0) is 22.3. The third kappa shape index (κ3) is 3.89. The summed E-state index contributed by atoms with van der Waals surface area (Å²) in [7, 11) is 0. The summed E-state index contributed by atoms with van der Waals surface area (Å²) < 4.78 is 0. The van der Waals surface area contributed by atoms with Gasteiger partial charge >= 0.3 is 0 Å². The van der Waals surface area contributed by atoms with Gasteiger partial charge in [-0.2, -0.15) is 0 Å². The molecule has 1 heterocycles. The van der Waals surface area contributed by atoms with E-state index in [4.69, 9.17) is 0 Å². The van der Waals surface area contributed by atoms with Crippen LogP contribution in [0.1, 0.15) is 33.4 Å². The first-order valence-electron chi connectivity index (χ1n) is 10.4. The fourth-order valence-electron chi connectivity index (χ4n) is 3.91. The first-order chi connectivity index (χ1) is 14.7. The maximum Gasteiger partial charge on any atom is 0.282 e. The van der Waals surface area contributed by atoms with Crippen molar-refractivity contribution in [1.29, 1.82) is 0 Å². The Labute approximate surface area is 183 Å². The van der Waals surface area contributed by atoms with E-state index in [-0.39, 0.29) is 11.8 Å². The van der Waals surface area contributed by atoms with Gasteiger partial charge in [-0.15, -0.1) is 0 Å². The van der Waals surface area contributed by atoms with Gasteiger partial charge in [-0.25, -0.2) is 4.90 Å². The second-order valence-corrected chi connectivity index (χ2v) is 8.33. The average molecular weight is 411 g/mol. The summed E-state index contributed by atoms with van der Waals surface area (Å²) >= 11 is 0. The summed E-state index contributed by atoms with van der Waals surface area (Å²) in [6.45, 7) is 9.99. The molecule has 1 aliphatic rings. The van der Waals surface area contributed by atoms with Crippen LogP contribution in [0.2, 0.25) is 0 Å². The van der Waals surface area contributed by atoms with E-state index in [9.17, 15) is 9.59 Å². The predicted octanol–water partition coefficient (Wildman–Crippen LogP) is 5.63. The van der Waals surface area contributed by atoms with E-state index < -0.39 is 0 Å². The van der Waals surface area contributed by atoms with Gasteiger partial charge in [0.15, 0.2) is 0 Å². The van der Waals surface area contributed by atoms with Crippen molar-refractivity contribution in [1.82, 2.24) is 0 Å². The number of hydrogen-bond acceptors (Lipinski definition) is 3. The van der Waals surface area contributed by atoms with E-state index in [1.807, 2.05) is 95.3 Å². The quantitative estimate of drug-likeness (QED) is 0.568. The molecule has 4 rings (SSSR count). The Kier molecular flexibility index (Phi) is 5.24. The molecule has 4 heteroatoms. The Balaban J connectivity index is 1.84. The maximum absolute atomic E-state index is 13.6. The van der Waals surface area contributed by atoms with Crippen LogP contribution in [0.5, 0.6) is 0 Å². The number of benzene rings is 3. The molecule has 3 aromatic carbocycles. The summed E-state index contributed by atoms with van der Waals surface area (Å²) in [5.74, 6) is -0.658. The summed E-state index contributed by atoms with van der Waals surface area (Å²) in [4.78, 5) is 28.4. The number of aryl methyl sites for hydroxylation is 5. The number of anilines is 2. The molecule has 31 heavy (non-hydrogen) atoms. The van der Waals surface area contributed by atoms with E-state index in [2.05, 4.69) is 5.32 Å². The van der Waals surface area contributed by atoms with Gasteiger partial charge in [0, 0.05) is 5.69 Å². The summed E-state index contributed by atoms with van der Waals surface area (Å²) in [5, 5.41) is 3.25. The molecule has 2 amide bonds. The molecule has 1 aliphatic heterocycles. The van der Waals surface area contributed by atoms with Crippen LogP contribution in [0.3, 0.4) is 0 Å². The van der Waals surface area contributed by atoms with Crippen molar-refractivity contribution in [3.8, 4) is 0 Å². The van der Waals surface area contributed by atoms with Crippen LogP contribution in [0.4, 0.5) is 11.4 Å². The maximum atomic E-state index is 13.6. The van der Waals surface area contributed by atoms with Gasteiger partial charge in [0.1, 0.15) is 5.70 Å². The van der Waals surface area contributed by atoms with Crippen LogP contribution in [0.25, 0.3) is 5.57 Å². The smallest absolute Gasteiger partial charge is 0.282 e. The Morgan fingerprint density at radius 3 is 1.90 bits per heavy atom. The third-order valence-electron chi connectivity index (χ3n) is 5.67. The van der Waals surface area contributed by atoms with E-state index in [1.54, 1.807) is 0 Å². The van der Waals surface area contributed by atoms with Gasteiger partial charge < -0.3 is 5.32 Å². The second kappa shape index (κ2) is 7.88. The molecular weight excluding hydrogens is 384 g/mol. The first kappa shape index (κ1) is 20.6. The fourth-order valence-corrected chi connectivity index (χ4v) is 3.91. The molecule has 0 aromatic heterocycles. The zero-order valence-corrected chi connectivity index (χ0v) is 18.5. The van der Waals surface area contributed by atoms with Crippen molar-refractivity contribution >= 4 is 28.8 Å². The molecular formula is C27H26N2O2. The number of carbonyl (C=O) groups excluding carboxylic acids is 2. The molecule has 0 unspecified atom stereocenters. The molecule has 156 valence electrons. The van der Waals surface area contributed by atoms with Crippen molar-refractivity contribution in [2.45, 2.75) is 34.6 Å². The van der Waals surface area contributed by atoms with E-state index in [1.165, 1.54) is 10.5 Å². The third-order valence-corrected chi connectivity index (χ3v) is 5.67. The largest absolute Gasteiger partial charge is 0.350 e. The molecule has 0 atom stereocenters. The highest BCUT2D eigenvalue weighted by atomic mass is 16.2. The average Bonchev–Trinajstić information content (AvgIpc) is 2.94. The lowest BCUT2D eigenvalue weighted by Crippen LogP contribution is -2.32. The summed E-state index contributed by atoms with van der Waals surface area (Å²) in [6.07, 6.45) is 0. The molecule has 3 aromatic rings.